The molecule has 2 aromatic carbocycles. The van der Waals surface area contributed by atoms with Crippen LogP contribution in [0, 0.1) is 32.8 Å². The Morgan fingerprint density at radius 1 is 1.14 bits per heavy atom. The highest BCUT2D eigenvalue weighted by Gasteiger charge is 2.18. The molecule has 0 unspecified atom stereocenters. The summed E-state index contributed by atoms with van der Waals surface area (Å²) in [6.45, 7) is 0. The molecule has 6 nitrogen and oxygen atoms in total. The van der Waals surface area contributed by atoms with Crippen molar-refractivity contribution in [3.63, 3.8) is 0 Å². The van der Waals surface area contributed by atoms with E-state index in [0.717, 1.165) is 6.07 Å². The summed E-state index contributed by atoms with van der Waals surface area (Å²) in [6, 6.07) is 12.6. The standard InChI is InChI=1S/C14H7ClN4O2/c15-11-2-1-3-12(6-11)18-13-4-9(7-16)10(8-17)5-14(13)19(20)21/h1-6,18H. The average molecular weight is 299 g/mol. The molecule has 0 saturated heterocycles. The van der Waals surface area contributed by atoms with Crippen molar-refractivity contribution >= 4 is 28.7 Å². The number of nitro groups is 1. The van der Waals surface area contributed by atoms with Crippen LogP contribution in [-0.2, 0) is 0 Å². The van der Waals surface area contributed by atoms with Crippen LogP contribution in [0.5, 0.6) is 0 Å². The summed E-state index contributed by atoms with van der Waals surface area (Å²) >= 11 is 5.85. The zero-order chi connectivity index (χ0) is 15.4. The van der Waals surface area contributed by atoms with Crippen molar-refractivity contribution in [3.8, 4) is 12.1 Å². The summed E-state index contributed by atoms with van der Waals surface area (Å²) in [5.41, 5.74) is 0.399. The second-order valence-corrected chi connectivity index (χ2v) is 4.47. The number of nitriles is 2. The fraction of sp³-hybridized carbons (Fsp3) is 0. The summed E-state index contributed by atoms with van der Waals surface area (Å²) in [5.74, 6) is 0. The Morgan fingerprint density at radius 2 is 1.81 bits per heavy atom. The van der Waals surface area contributed by atoms with Crippen LogP contribution in [0.15, 0.2) is 36.4 Å². The van der Waals surface area contributed by atoms with Gasteiger partial charge in [-0.05, 0) is 24.3 Å². The zero-order valence-corrected chi connectivity index (χ0v) is 11.3. The van der Waals surface area contributed by atoms with Gasteiger partial charge >= 0.3 is 0 Å². The molecule has 0 aliphatic heterocycles. The maximum absolute atomic E-state index is 11.1. The number of nitrogens with one attached hydrogen (secondary N) is 1. The molecule has 0 amide bonds. The monoisotopic (exact) mass is 298 g/mol. The molecular formula is C14H7ClN4O2. The molecule has 0 bridgehead atoms. The van der Waals surface area contributed by atoms with Gasteiger partial charge in [0.1, 0.15) is 17.8 Å². The minimum absolute atomic E-state index is 0.0409. The Labute approximate surface area is 125 Å². The van der Waals surface area contributed by atoms with Gasteiger partial charge in [-0.3, -0.25) is 10.1 Å². The fourth-order valence-corrected chi connectivity index (χ4v) is 1.94. The molecule has 102 valence electrons. The number of anilines is 2. The largest absolute Gasteiger partial charge is 0.350 e. The number of hydrogen-bond donors (Lipinski definition) is 1. The SMILES string of the molecule is N#Cc1cc(Nc2cccc(Cl)c2)c([N+](=O)[O-])cc1C#N. The van der Waals surface area contributed by atoms with Gasteiger partial charge in [-0.15, -0.1) is 0 Å². The maximum atomic E-state index is 11.1. The van der Waals surface area contributed by atoms with Crippen LogP contribution in [0.2, 0.25) is 5.02 Å². The molecule has 7 heteroatoms. The van der Waals surface area contributed by atoms with E-state index in [1.54, 1.807) is 30.3 Å². The van der Waals surface area contributed by atoms with Crippen molar-refractivity contribution in [2.24, 2.45) is 0 Å². The van der Waals surface area contributed by atoms with Gasteiger partial charge in [0.05, 0.1) is 16.1 Å². The summed E-state index contributed by atoms with van der Waals surface area (Å²) in [5, 5.41) is 32.3. The lowest BCUT2D eigenvalue weighted by Gasteiger charge is -2.08. The van der Waals surface area contributed by atoms with Gasteiger partial charge < -0.3 is 5.32 Å². The van der Waals surface area contributed by atoms with Crippen LogP contribution < -0.4 is 5.32 Å². The van der Waals surface area contributed by atoms with Crippen molar-refractivity contribution in [3.05, 3.63) is 62.7 Å². The smallest absolute Gasteiger partial charge is 0.294 e. The summed E-state index contributed by atoms with van der Waals surface area (Å²) < 4.78 is 0. The van der Waals surface area contributed by atoms with E-state index in [9.17, 15) is 10.1 Å². The molecule has 0 saturated carbocycles. The highest BCUT2D eigenvalue weighted by molar-refractivity contribution is 6.30. The third kappa shape index (κ3) is 3.08. The van der Waals surface area contributed by atoms with E-state index >= 15 is 0 Å². The molecule has 0 radical (unpaired) electrons. The van der Waals surface area contributed by atoms with E-state index < -0.39 is 4.92 Å². The number of nitrogens with zero attached hydrogens (tertiary/aromatic N) is 3. The van der Waals surface area contributed by atoms with Gasteiger partial charge in [-0.1, -0.05) is 17.7 Å². The summed E-state index contributed by atoms with van der Waals surface area (Å²) in [6.07, 6.45) is 0. The van der Waals surface area contributed by atoms with Crippen LogP contribution in [0.1, 0.15) is 11.1 Å². The molecular weight excluding hydrogens is 292 g/mol. The van der Waals surface area contributed by atoms with Crippen LogP contribution >= 0.6 is 11.6 Å². The number of rotatable bonds is 3. The van der Waals surface area contributed by atoms with E-state index in [4.69, 9.17) is 22.1 Å². The molecule has 2 rings (SSSR count). The van der Waals surface area contributed by atoms with Crippen LogP contribution in [0.25, 0.3) is 0 Å². The van der Waals surface area contributed by atoms with Crippen molar-refractivity contribution in [1.82, 2.24) is 0 Å². The third-order valence-corrected chi connectivity index (χ3v) is 2.91. The maximum Gasteiger partial charge on any atom is 0.294 e. The second-order valence-electron chi connectivity index (χ2n) is 4.03. The Bertz CT molecular complexity index is 806. The van der Waals surface area contributed by atoms with Gasteiger partial charge in [0, 0.05) is 16.8 Å². The quantitative estimate of drug-likeness (QED) is 0.687. The lowest BCUT2D eigenvalue weighted by atomic mass is 10.1. The topological polar surface area (TPSA) is 103 Å². The fourth-order valence-electron chi connectivity index (χ4n) is 1.75. The summed E-state index contributed by atoms with van der Waals surface area (Å²) in [4.78, 5) is 10.5. The number of nitro benzene ring substituents is 1. The first-order chi connectivity index (χ1) is 10.0. The van der Waals surface area contributed by atoms with E-state index in [1.165, 1.54) is 6.07 Å². The molecule has 21 heavy (non-hydrogen) atoms. The van der Waals surface area contributed by atoms with Gasteiger partial charge in [-0.25, -0.2) is 0 Å². The molecule has 0 spiro atoms. The van der Waals surface area contributed by atoms with E-state index in [-0.39, 0.29) is 22.5 Å². The number of hydrogen-bond acceptors (Lipinski definition) is 5. The first kappa shape index (κ1) is 14.3. The normalized spacial score (nSPS) is 9.48. The molecule has 1 N–H and O–H groups in total. The molecule has 0 aliphatic rings. The van der Waals surface area contributed by atoms with E-state index in [0.29, 0.717) is 10.7 Å². The molecule has 0 fully saturated rings. The average Bonchev–Trinajstić information content (AvgIpc) is 2.46. The number of benzene rings is 2. The molecule has 0 aromatic heterocycles. The van der Waals surface area contributed by atoms with Crippen molar-refractivity contribution in [2.45, 2.75) is 0 Å². The zero-order valence-electron chi connectivity index (χ0n) is 10.5. The highest BCUT2D eigenvalue weighted by Crippen LogP contribution is 2.31. The third-order valence-electron chi connectivity index (χ3n) is 2.68. The Balaban J connectivity index is 2.54. The van der Waals surface area contributed by atoms with Crippen LogP contribution in [0.4, 0.5) is 17.1 Å². The predicted molar refractivity (Wildman–Crippen MR) is 77.3 cm³/mol. The van der Waals surface area contributed by atoms with Gasteiger partial charge in [0.25, 0.3) is 5.69 Å². The highest BCUT2D eigenvalue weighted by atomic mass is 35.5. The molecule has 0 atom stereocenters. The predicted octanol–water partition coefficient (Wildman–Crippen LogP) is 3.74. The lowest BCUT2D eigenvalue weighted by molar-refractivity contribution is -0.383. The van der Waals surface area contributed by atoms with E-state index in [1.807, 2.05) is 6.07 Å². The van der Waals surface area contributed by atoms with Gasteiger partial charge in [-0.2, -0.15) is 10.5 Å². The van der Waals surface area contributed by atoms with E-state index in [2.05, 4.69) is 5.32 Å². The Kier molecular flexibility index (Phi) is 4.03. The second kappa shape index (κ2) is 5.91. The Hall–Kier alpha value is -3.09. The summed E-state index contributed by atoms with van der Waals surface area (Å²) in [7, 11) is 0. The molecule has 2 aromatic rings. The van der Waals surface area contributed by atoms with Gasteiger partial charge in [0.15, 0.2) is 0 Å². The molecule has 0 aliphatic carbocycles. The first-order valence-corrected chi connectivity index (χ1v) is 6.08. The molecule has 0 heterocycles. The van der Waals surface area contributed by atoms with Gasteiger partial charge in [0.2, 0.25) is 0 Å². The minimum atomic E-state index is -0.616. The van der Waals surface area contributed by atoms with Crippen LogP contribution in [-0.4, -0.2) is 4.92 Å². The van der Waals surface area contributed by atoms with Crippen molar-refractivity contribution < 1.29 is 4.92 Å². The Morgan fingerprint density at radius 3 is 2.38 bits per heavy atom. The van der Waals surface area contributed by atoms with Crippen molar-refractivity contribution in [1.29, 1.82) is 10.5 Å². The first-order valence-electron chi connectivity index (χ1n) is 5.70. The lowest BCUT2D eigenvalue weighted by Crippen LogP contribution is -1.99. The van der Waals surface area contributed by atoms with Crippen molar-refractivity contribution in [2.75, 3.05) is 5.32 Å². The minimum Gasteiger partial charge on any atom is -0.350 e. The van der Waals surface area contributed by atoms with Crippen LogP contribution in [0.3, 0.4) is 0 Å². The number of halogens is 1.